The number of nitrogens with one attached hydrogen (secondary N) is 1. The fourth-order valence-corrected chi connectivity index (χ4v) is 1.71. The van der Waals surface area contributed by atoms with Crippen molar-refractivity contribution < 1.29 is 0 Å². The molecular formula is C14H13Cl3N2. The second kappa shape index (κ2) is 7.39. The summed E-state index contributed by atoms with van der Waals surface area (Å²) in [5, 5.41) is 5.20. The molecule has 0 aliphatic heterocycles. The zero-order chi connectivity index (χ0) is 13.0. The molecule has 1 N–H and O–H groups in total. The van der Waals surface area contributed by atoms with E-state index in [0.29, 0.717) is 10.0 Å². The molecule has 0 saturated carbocycles. The molecule has 19 heavy (non-hydrogen) atoms. The summed E-state index contributed by atoms with van der Waals surface area (Å²) in [4.78, 5) is 0. The van der Waals surface area contributed by atoms with Gasteiger partial charge in [-0.05, 0) is 36.8 Å². The third kappa shape index (κ3) is 4.75. The molecule has 100 valence electrons. The van der Waals surface area contributed by atoms with Crippen LogP contribution in [0.3, 0.4) is 0 Å². The van der Waals surface area contributed by atoms with Crippen LogP contribution in [0.4, 0.5) is 5.69 Å². The van der Waals surface area contributed by atoms with Gasteiger partial charge in [-0.3, -0.25) is 5.43 Å². The van der Waals surface area contributed by atoms with E-state index in [1.54, 1.807) is 18.3 Å². The first-order valence-corrected chi connectivity index (χ1v) is 6.21. The second-order valence-corrected chi connectivity index (χ2v) is 4.72. The maximum absolute atomic E-state index is 5.91. The molecule has 0 spiro atoms. The van der Waals surface area contributed by atoms with Gasteiger partial charge in [0.25, 0.3) is 0 Å². The molecule has 0 bridgehead atoms. The molecule has 0 saturated heterocycles. The minimum Gasteiger partial charge on any atom is -0.279 e. The van der Waals surface area contributed by atoms with Crippen molar-refractivity contribution in [2.75, 3.05) is 5.43 Å². The number of aryl methyl sites for hydroxylation is 1. The molecule has 0 heterocycles. The van der Waals surface area contributed by atoms with E-state index in [4.69, 9.17) is 23.2 Å². The van der Waals surface area contributed by atoms with Gasteiger partial charge in [0.05, 0.1) is 21.9 Å². The van der Waals surface area contributed by atoms with Crippen LogP contribution in [0, 0.1) is 6.92 Å². The van der Waals surface area contributed by atoms with Gasteiger partial charge in [-0.25, -0.2) is 0 Å². The van der Waals surface area contributed by atoms with Crippen LogP contribution in [0.5, 0.6) is 0 Å². The average Bonchev–Trinajstić information content (AvgIpc) is 2.36. The summed E-state index contributed by atoms with van der Waals surface area (Å²) >= 11 is 11.7. The Labute approximate surface area is 128 Å². The van der Waals surface area contributed by atoms with Gasteiger partial charge in [0.1, 0.15) is 0 Å². The molecule has 0 amide bonds. The molecule has 5 heteroatoms. The Hall–Kier alpha value is -1.22. The largest absolute Gasteiger partial charge is 0.279 e. The van der Waals surface area contributed by atoms with Gasteiger partial charge >= 0.3 is 0 Å². The van der Waals surface area contributed by atoms with Crippen molar-refractivity contribution in [3.05, 3.63) is 63.6 Å². The lowest BCUT2D eigenvalue weighted by Crippen LogP contribution is -1.90. The standard InChI is InChI=1S/C14H12Cl2N2.ClH/c1-10-2-5-12(6-3-10)18-17-9-11-4-7-13(15)14(16)8-11;/h2-9,18H,1H3;1H/b17-9+;. The first kappa shape index (κ1) is 15.8. The van der Waals surface area contributed by atoms with Crippen molar-refractivity contribution in [2.24, 2.45) is 5.10 Å². The van der Waals surface area contributed by atoms with Crippen molar-refractivity contribution in [3.8, 4) is 0 Å². The third-order valence-corrected chi connectivity index (χ3v) is 3.14. The highest BCUT2D eigenvalue weighted by Crippen LogP contribution is 2.21. The second-order valence-electron chi connectivity index (χ2n) is 3.91. The van der Waals surface area contributed by atoms with Crippen LogP contribution in [0.1, 0.15) is 11.1 Å². The Morgan fingerprint density at radius 1 is 1.00 bits per heavy atom. The smallest absolute Gasteiger partial charge is 0.0598 e. The number of rotatable bonds is 3. The lowest BCUT2D eigenvalue weighted by Gasteiger charge is -2.01. The van der Waals surface area contributed by atoms with Crippen molar-refractivity contribution in [3.63, 3.8) is 0 Å². The Kier molecular flexibility index (Phi) is 6.16. The van der Waals surface area contributed by atoms with E-state index in [1.807, 2.05) is 37.3 Å². The number of hydrogen-bond donors (Lipinski definition) is 1. The van der Waals surface area contributed by atoms with Gasteiger partial charge in [-0.15, -0.1) is 12.4 Å². The molecule has 0 aliphatic carbocycles. The molecule has 0 unspecified atom stereocenters. The molecule has 2 aromatic rings. The molecular weight excluding hydrogens is 303 g/mol. The summed E-state index contributed by atoms with van der Waals surface area (Å²) in [5.74, 6) is 0. The SMILES string of the molecule is Cc1ccc(N/N=C/c2ccc(Cl)c(Cl)c2)cc1.Cl. The lowest BCUT2D eigenvalue weighted by atomic mass is 10.2. The number of hydrogen-bond acceptors (Lipinski definition) is 2. The van der Waals surface area contributed by atoms with E-state index in [2.05, 4.69) is 10.5 Å². The minimum atomic E-state index is 0. The number of hydrazone groups is 1. The van der Waals surface area contributed by atoms with Gasteiger partial charge in [0.2, 0.25) is 0 Å². The average molecular weight is 316 g/mol. The van der Waals surface area contributed by atoms with Gasteiger partial charge < -0.3 is 0 Å². The van der Waals surface area contributed by atoms with Crippen LogP contribution in [0.15, 0.2) is 47.6 Å². The fraction of sp³-hybridized carbons (Fsp3) is 0.0714. The van der Waals surface area contributed by atoms with Crippen molar-refractivity contribution in [2.45, 2.75) is 6.92 Å². The summed E-state index contributed by atoms with van der Waals surface area (Å²) in [6.07, 6.45) is 1.70. The molecule has 2 rings (SSSR count). The van der Waals surface area contributed by atoms with Crippen LogP contribution < -0.4 is 5.43 Å². The van der Waals surface area contributed by atoms with E-state index in [9.17, 15) is 0 Å². The van der Waals surface area contributed by atoms with Gasteiger partial charge in [0.15, 0.2) is 0 Å². The minimum absolute atomic E-state index is 0. The zero-order valence-electron chi connectivity index (χ0n) is 10.2. The molecule has 2 nitrogen and oxygen atoms in total. The van der Waals surface area contributed by atoms with E-state index in [-0.39, 0.29) is 12.4 Å². The predicted octanol–water partition coefficient (Wildman–Crippen LogP) is 5.17. The Bertz CT molecular complexity index is 565. The first-order chi connectivity index (χ1) is 8.65. The summed E-state index contributed by atoms with van der Waals surface area (Å²) in [7, 11) is 0. The molecule has 0 atom stereocenters. The van der Waals surface area contributed by atoms with Crippen LogP contribution in [0.25, 0.3) is 0 Å². The molecule has 0 aliphatic rings. The highest BCUT2D eigenvalue weighted by Gasteiger charge is 1.96. The van der Waals surface area contributed by atoms with Crippen LogP contribution >= 0.6 is 35.6 Å². The maximum atomic E-state index is 5.91. The molecule has 2 aromatic carbocycles. The number of halogens is 3. The number of benzene rings is 2. The first-order valence-electron chi connectivity index (χ1n) is 5.46. The zero-order valence-corrected chi connectivity index (χ0v) is 12.6. The summed E-state index contributed by atoms with van der Waals surface area (Å²) < 4.78 is 0. The fourth-order valence-electron chi connectivity index (χ4n) is 1.40. The Morgan fingerprint density at radius 3 is 2.32 bits per heavy atom. The quantitative estimate of drug-likeness (QED) is 0.613. The van der Waals surface area contributed by atoms with Crippen molar-refractivity contribution >= 4 is 47.5 Å². The summed E-state index contributed by atoms with van der Waals surface area (Å²) in [6, 6.07) is 13.4. The highest BCUT2D eigenvalue weighted by atomic mass is 35.5. The Balaban J connectivity index is 0.00000180. The highest BCUT2D eigenvalue weighted by molar-refractivity contribution is 6.42. The van der Waals surface area contributed by atoms with Gasteiger partial charge in [-0.2, -0.15) is 5.10 Å². The van der Waals surface area contributed by atoms with Crippen molar-refractivity contribution in [1.29, 1.82) is 0 Å². The normalized spacial score (nSPS) is 10.3. The topological polar surface area (TPSA) is 24.4 Å². The van der Waals surface area contributed by atoms with Crippen LogP contribution in [-0.2, 0) is 0 Å². The third-order valence-electron chi connectivity index (χ3n) is 2.40. The molecule has 0 fully saturated rings. The van der Waals surface area contributed by atoms with E-state index in [1.165, 1.54) is 5.56 Å². The van der Waals surface area contributed by atoms with E-state index < -0.39 is 0 Å². The van der Waals surface area contributed by atoms with Crippen LogP contribution in [-0.4, -0.2) is 6.21 Å². The van der Waals surface area contributed by atoms with Crippen molar-refractivity contribution in [1.82, 2.24) is 0 Å². The lowest BCUT2D eigenvalue weighted by molar-refractivity contribution is 1.34. The number of nitrogens with zero attached hydrogens (tertiary/aromatic N) is 1. The molecule has 0 aromatic heterocycles. The monoisotopic (exact) mass is 314 g/mol. The summed E-state index contributed by atoms with van der Waals surface area (Å²) in [5.41, 5.74) is 6.00. The maximum Gasteiger partial charge on any atom is 0.0598 e. The van der Waals surface area contributed by atoms with E-state index >= 15 is 0 Å². The summed E-state index contributed by atoms with van der Waals surface area (Å²) in [6.45, 7) is 2.04. The van der Waals surface area contributed by atoms with Gasteiger partial charge in [0, 0.05) is 0 Å². The van der Waals surface area contributed by atoms with Crippen LogP contribution in [0.2, 0.25) is 10.0 Å². The van der Waals surface area contributed by atoms with E-state index in [0.717, 1.165) is 11.3 Å². The molecule has 0 radical (unpaired) electrons. The Morgan fingerprint density at radius 2 is 1.68 bits per heavy atom. The predicted molar refractivity (Wildman–Crippen MR) is 86.1 cm³/mol. The number of anilines is 1. The van der Waals surface area contributed by atoms with Gasteiger partial charge in [-0.1, -0.05) is 47.0 Å².